The first-order valence-corrected chi connectivity index (χ1v) is 6.79. The molecule has 0 bridgehead atoms. The quantitative estimate of drug-likeness (QED) is 0.896. The van der Waals surface area contributed by atoms with Crippen molar-refractivity contribution in [3.63, 3.8) is 0 Å². The normalized spacial score (nSPS) is 16.0. The van der Waals surface area contributed by atoms with E-state index < -0.39 is 0 Å². The average molecular weight is 284 g/mol. The van der Waals surface area contributed by atoms with Gasteiger partial charge < -0.3 is 14.8 Å². The number of halogens is 1. The van der Waals surface area contributed by atoms with Crippen molar-refractivity contribution in [3.8, 4) is 0 Å². The lowest BCUT2D eigenvalue weighted by Crippen LogP contribution is -2.51. The molecular formula is C13H18ClN3O2. The molecule has 0 atom stereocenters. The lowest BCUT2D eigenvalue weighted by molar-refractivity contribution is -0.135. The second-order valence-electron chi connectivity index (χ2n) is 5.00. The minimum Gasteiger partial charge on any atom is -0.356 e. The highest BCUT2D eigenvalue weighted by Crippen LogP contribution is 2.14. The van der Waals surface area contributed by atoms with Gasteiger partial charge in [-0.05, 0) is 6.07 Å². The summed E-state index contributed by atoms with van der Waals surface area (Å²) in [7, 11) is 0. The molecule has 5 nitrogen and oxygen atoms in total. The zero-order valence-corrected chi connectivity index (χ0v) is 11.9. The van der Waals surface area contributed by atoms with Gasteiger partial charge in [0.05, 0.1) is 5.02 Å². The number of H-pyrrole nitrogens is 1. The molecule has 19 heavy (non-hydrogen) atoms. The zero-order valence-electron chi connectivity index (χ0n) is 11.1. The molecular weight excluding hydrogens is 266 g/mol. The van der Waals surface area contributed by atoms with Crippen LogP contribution in [0.4, 0.5) is 0 Å². The van der Waals surface area contributed by atoms with Gasteiger partial charge >= 0.3 is 0 Å². The van der Waals surface area contributed by atoms with Gasteiger partial charge in [0.1, 0.15) is 5.69 Å². The van der Waals surface area contributed by atoms with Gasteiger partial charge in [-0.1, -0.05) is 25.4 Å². The number of nitrogens with zero attached hydrogens (tertiary/aromatic N) is 2. The summed E-state index contributed by atoms with van der Waals surface area (Å²) in [5.41, 5.74) is 0.494. The molecule has 0 spiro atoms. The number of rotatable bonds is 2. The maximum atomic E-state index is 12.2. The molecule has 2 rings (SSSR count). The highest BCUT2D eigenvalue weighted by Gasteiger charge is 2.26. The van der Waals surface area contributed by atoms with E-state index in [2.05, 4.69) is 4.98 Å². The summed E-state index contributed by atoms with van der Waals surface area (Å²) in [6.07, 6.45) is 1.59. The number of piperazine rings is 1. The molecule has 1 aliphatic rings. The van der Waals surface area contributed by atoms with E-state index in [1.807, 2.05) is 18.7 Å². The second-order valence-corrected chi connectivity index (χ2v) is 5.44. The average Bonchev–Trinajstić information content (AvgIpc) is 2.84. The van der Waals surface area contributed by atoms with Gasteiger partial charge in [-0.15, -0.1) is 0 Å². The first kappa shape index (κ1) is 13.9. The van der Waals surface area contributed by atoms with Crippen LogP contribution in [0.2, 0.25) is 5.02 Å². The Morgan fingerprint density at radius 2 is 1.79 bits per heavy atom. The molecule has 0 aliphatic carbocycles. The zero-order chi connectivity index (χ0) is 14.0. The number of carbonyl (C=O) groups is 2. The summed E-state index contributed by atoms with van der Waals surface area (Å²) < 4.78 is 0. The van der Waals surface area contributed by atoms with E-state index in [-0.39, 0.29) is 17.7 Å². The van der Waals surface area contributed by atoms with Crippen molar-refractivity contribution in [2.45, 2.75) is 13.8 Å². The molecule has 1 aromatic rings. The molecule has 0 unspecified atom stereocenters. The SMILES string of the molecule is CC(C)C(=O)N1CCN(C(=O)c2cc(Cl)c[nH]2)CC1. The summed E-state index contributed by atoms with van der Waals surface area (Å²) in [6.45, 7) is 6.10. The number of aromatic nitrogens is 1. The molecule has 1 aliphatic heterocycles. The first-order chi connectivity index (χ1) is 8.99. The molecule has 0 saturated carbocycles. The van der Waals surface area contributed by atoms with E-state index in [4.69, 9.17) is 11.6 Å². The molecule has 2 amide bonds. The van der Waals surface area contributed by atoms with E-state index in [1.54, 1.807) is 17.2 Å². The first-order valence-electron chi connectivity index (χ1n) is 6.41. The van der Waals surface area contributed by atoms with Crippen LogP contribution in [0.25, 0.3) is 0 Å². The maximum Gasteiger partial charge on any atom is 0.270 e. The number of hydrogen-bond donors (Lipinski definition) is 1. The standard InChI is InChI=1S/C13H18ClN3O2/c1-9(2)12(18)16-3-5-17(6-4-16)13(19)11-7-10(14)8-15-11/h7-9,15H,3-6H2,1-2H3. The van der Waals surface area contributed by atoms with Gasteiger partial charge in [0.25, 0.3) is 5.91 Å². The van der Waals surface area contributed by atoms with Crippen LogP contribution < -0.4 is 0 Å². The summed E-state index contributed by atoms with van der Waals surface area (Å²) in [4.78, 5) is 30.4. The topological polar surface area (TPSA) is 56.4 Å². The Hall–Kier alpha value is -1.49. The van der Waals surface area contributed by atoms with Crippen LogP contribution in [0.15, 0.2) is 12.3 Å². The Balaban J connectivity index is 1.93. The third kappa shape index (κ3) is 3.10. The Kier molecular flexibility index (Phi) is 4.14. The molecule has 104 valence electrons. The van der Waals surface area contributed by atoms with Crippen LogP contribution in [-0.2, 0) is 4.79 Å². The second kappa shape index (κ2) is 5.65. The van der Waals surface area contributed by atoms with Crippen LogP contribution >= 0.6 is 11.6 Å². The van der Waals surface area contributed by atoms with Crippen LogP contribution in [0, 0.1) is 5.92 Å². The van der Waals surface area contributed by atoms with E-state index in [9.17, 15) is 9.59 Å². The summed E-state index contributed by atoms with van der Waals surface area (Å²) >= 11 is 5.79. The molecule has 6 heteroatoms. The third-order valence-electron chi connectivity index (χ3n) is 3.25. The Morgan fingerprint density at radius 1 is 1.21 bits per heavy atom. The van der Waals surface area contributed by atoms with Crippen molar-refractivity contribution >= 4 is 23.4 Å². The molecule has 1 fully saturated rings. The summed E-state index contributed by atoms with van der Waals surface area (Å²) in [6, 6.07) is 1.62. The molecule has 1 N–H and O–H groups in total. The van der Waals surface area contributed by atoms with Gasteiger partial charge in [0.2, 0.25) is 5.91 Å². The van der Waals surface area contributed by atoms with Crippen molar-refractivity contribution in [1.29, 1.82) is 0 Å². The monoisotopic (exact) mass is 283 g/mol. The van der Waals surface area contributed by atoms with Crippen LogP contribution in [0.5, 0.6) is 0 Å². The molecule has 0 radical (unpaired) electrons. The highest BCUT2D eigenvalue weighted by molar-refractivity contribution is 6.30. The van der Waals surface area contributed by atoms with E-state index in [0.717, 1.165) is 0 Å². The van der Waals surface area contributed by atoms with Crippen molar-refractivity contribution < 1.29 is 9.59 Å². The predicted molar refractivity (Wildman–Crippen MR) is 73.1 cm³/mol. The van der Waals surface area contributed by atoms with E-state index in [0.29, 0.717) is 36.9 Å². The van der Waals surface area contributed by atoms with Crippen molar-refractivity contribution in [2.75, 3.05) is 26.2 Å². The number of carbonyl (C=O) groups excluding carboxylic acids is 2. The Bertz CT molecular complexity index is 476. The predicted octanol–water partition coefficient (Wildman–Crippen LogP) is 1.61. The van der Waals surface area contributed by atoms with Crippen LogP contribution in [-0.4, -0.2) is 52.8 Å². The number of aromatic amines is 1. The summed E-state index contributed by atoms with van der Waals surface area (Å²) in [5.74, 6) is 0.0861. The smallest absolute Gasteiger partial charge is 0.270 e. The minimum absolute atomic E-state index is 0.00413. The molecule has 1 aromatic heterocycles. The van der Waals surface area contributed by atoms with Gasteiger partial charge in [-0.2, -0.15) is 0 Å². The highest BCUT2D eigenvalue weighted by atomic mass is 35.5. The third-order valence-corrected chi connectivity index (χ3v) is 3.47. The summed E-state index contributed by atoms with van der Waals surface area (Å²) in [5, 5.41) is 0.525. The molecule has 2 heterocycles. The lowest BCUT2D eigenvalue weighted by atomic mass is 10.1. The molecule has 1 saturated heterocycles. The largest absolute Gasteiger partial charge is 0.356 e. The maximum absolute atomic E-state index is 12.2. The fourth-order valence-electron chi connectivity index (χ4n) is 2.16. The van der Waals surface area contributed by atoms with Crippen LogP contribution in [0.3, 0.4) is 0 Å². The number of hydrogen-bond acceptors (Lipinski definition) is 2. The van der Waals surface area contributed by atoms with E-state index >= 15 is 0 Å². The van der Waals surface area contributed by atoms with Crippen molar-refractivity contribution in [3.05, 3.63) is 23.0 Å². The number of nitrogens with one attached hydrogen (secondary N) is 1. The fraction of sp³-hybridized carbons (Fsp3) is 0.538. The van der Waals surface area contributed by atoms with Crippen molar-refractivity contribution in [2.24, 2.45) is 5.92 Å². The molecule has 0 aromatic carbocycles. The Labute approximate surface area is 117 Å². The van der Waals surface area contributed by atoms with Gasteiger partial charge in [0.15, 0.2) is 0 Å². The van der Waals surface area contributed by atoms with Crippen LogP contribution in [0.1, 0.15) is 24.3 Å². The fourth-order valence-corrected chi connectivity index (χ4v) is 2.32. The van der Waals surface area contributed by atoms with E-state index in [1.165, 1.54) is 0 Å². The van der Waals surface area contributed by atoms with Gasteiger partial charge in [-0.25, -0.2) is 0 Å². The minimum atomic E-state index is -0.0662. The number of amides is 2. The van der Waals surface area contributed by atoms with Gasteiger partial charge in [0, 0.05) is 38.3 Å². The van der Waals surface area contributed by atoms with Gasteiger partial charge in [-0.3, -0.25) is 9.59 Å². The Morgan fingerprint density at radius 3 is 2.26 bits per heavy atom. The van der Waals surface area contributed by atoms with Crippen molar-refractivity contribution in [1.82, 2.24) is 14.8 Å². The lowest BCUT2D eigenvalue weighted by Gasteiger charge is -2.35.